The molecule has 0 radical (unpaired) electrons. The van der Waals surface area contributed by atoms with Gasteiger partial charge < -0.3 is 14.0 Å². The smallest absolute Gasteiger partial charge is 0.235 e. The molecule has 1 fully saturated rings. The van der Waals surface area contributed by atoms with E-state index in [1.807, 2.05) is 0 Å². The van der Waals surface area contributed by atoms with Crippen molar-refractivity contribution >= 4 is 22.8 Å². The second-order valence-corrected chi connectivity index (χ2v) is 5.07. The summed E-state index contributed by atoms with van der Waals surface area (Å²) in [6, 6.07) is 5.32. The van der Waals surface area contributed by atoms with Crippen LogP contribution < -0.4 is 10.1 Å². The number of methoxy groups -OCH3 is 1. The number of nitrogens with one attached hydrogen (secondary N) is 1. The number of carbonyl (C=O) groups is 2. The van der Waals surface area contributed by atoms with Crippen molar-refractivity contribution in [3.63, 3.8) is 0 Å². The number of imide groups is 1. The van der Waals surface area contributed by atoms with E-state index in [0.717, 1.165) is 5.39 Å². The second-order valence-electron chi connectivity index (χ2n) is 5.07. The fourth-order valence-corrected chi connectivity index (χ4v) is 2.47. The summed E-state index contributed by atoms with van der Waals surface area (Å²) in [4.78, 5) is 23.2. The van der Waals surface area contributed by atoms with Crippen molar-refractivity contribution in [2.75, 3.05) is 20.3 Å². The van der Waals surface area contributed by atoms with Gasteiger partial charge in [-0.15, -0.1) is 0 Å². The van der Waals surface area contributed by atoms with Crippen LogP contribution in [0.3, 0.4) is 0 Å². The highest BCUT2D eigenvalue weighted by molar-refractivity contribution is 6.02. The lowest BCUT2D eigenvalue weighted by Crippen LogP contribution is -2.39. The first kappa shape index (κ1) is 14.5. The number of hydrogen-bond donors (Lipinski definition) is 1. The predicted molar refractivity (Wildman–Crippen MR) is 76.5 cm³/mol. The van der Waals surface area contributed by atoms with Crippen molar-refractivity contribution in [2.45, 2.75) is 18.8 Å². The second kappa shape index (κ2) is 6.15. The molecule has 7 nitrogen and oxygen atoms in total. The van der Waals surface area contributed by atoms with Gasteiger partial charge in [-0.3, -0.25) is 14.9 Å². The van der Waals surface area contributed by atoms with E-state index in [9.17, 15) is 9.59 Å². The molecule has 7 heteroatoms. The Balaban J connectivity index is 1.88. The van der Waals surface area contributed by atoms with E-state index in [-0.39, 0.29) is 11.8 Å². The molecule has 0 aliphatic carbocycles. The summed E-state index contributed by atoms with van der Waals surface area (Å²) < 4.78 is 15.8. The number of hydrogen-bond acceptors (Lipinski definition) is 6. The molecule has 0 spiro atoms. The van der Waals surface area contributed by atoms with Crippen LogP contribution in [0, 0.1) is 0 Å². The van der Waals surface area contributed by atoms with Crippen LogP contribution >= 0.6 is 0 Å². The lowest BCUT2D eigenvalue weighted by molar-refractivity contribution is -0.134. The number of nitrogens with zero attached hydrogens (tertiary/aromatic N) is 1. The van der Waals surface area contributed by atoms with Gasteiger partial charge in [0.05, 0.1) is 12.5 Å². The topological polar surface area (TPSA) is 90.7 Å². The summed E-state index contributed by atoms with van der Waals surface area (Å²) >= 11 is 0. The highest BCUT2D eigenvalue weighted by Gasteiger charge is 2.31. The van der Waals surface area contributed by atoms with Gasteiger partial charge in [-0.1, -0.05) is 5.16 Å². The molecule has 1 aliphatic rings. The summed E-state index contributed by atoms with van der Waals surface area (Å²) in [5, 5.41) is 7.06. The van der Waals surface area contributed by atoms with Crippen LogP contribution in [0.5, 0.6) is 5.75 Å². The highest BCUT2D eigenvalue weighted by atomic mass is 16.5. The molecule has 0 saturated carbocycles. The summed E-state index contributed by atoms with van der Waals surface area (Å²) in [5.74, 6) is -0.413. The zero-order chi connectivity index (χ0) is 15.5. The number of ether oxygens (including phenoxy) is 2. The fourth-order valence-electron chi connectivity index (χ4n) is 2.47. The Hall–Kier alpha value is -2.41. The predicted octanol–water partition coefficient (Wildman–Crippen LogP) is 1.37. The molecule has 1 aromatic heterocycles. The van der Waals surface area contributed by atoms with E-state index in [1.54, 1.807) is 25.3 Å². The molecule has 1 N–H and O–H groups in total. The Kier molecular flexibility index (Phi) is 4.06. The summed E-state index contributed by atoms with van der Waals surface area (Å²) in [7, 11) is 1.60. The van der Waals surface area contributed by atoms with Gasteiger partial charge >= 0.3 is 0 Å². The number of rotatable bonds is 5. The summed E-state index contributed by atoms with van der Waals surface area (Å²) in [6.45, 7) is 0.919. The molecule has 2 amide bonds. The molecule has 1 atom stereocenters. The number of fused-ring (bicyclic) bond motifs is 1. The van der Waals surface area contributed by atoms with Gasteiger partial charge in [0, 0.05) is 18.9 Å². The lowest BCUT2D eigenvalue weighted by Gasteiger charge is -2.18. The molecule has 2 aromatic rings. The first-order valence-electron chi connectivity index (χ1n) is 7.04. The van der Waals surface area contributed by atoms with Crippen LogP contribution in [0.25, 0.3) is 11.0 Å². The largest absolute Gasteiger partial charge is 0.491 e. The van der Waals surface area contributed by atoms with E-state index < -0.39 is 5.92 Å². The summed E-state index contributed by atoms with van der Waals surface area (Å²) in [6.07, 6.45) is 0.732. The molecular weight excluding hydrogens is 288 g/mol. The van der Waals surface area contributed by atoms with E-state index in [2.05, 4.69) is 10.5 Å². The molecule has 1 aromatic carbocycles. The molecule has 0 bridgehead atoms. The maximum Gasteiger partial charge on any atom is 0.235 e. The molecule has 1 saturated heterocycles. The molecule has 116 valence electrons. The van der Waals surface area contributed by atoms with Crippen molar-refractivity contribution in [1.82, 2.24) is 10.5 Å². The number of amides is 2. The van der Waals surface area contributed by atoms with E-state index in [1.165, 1.54) is 0 Å². The van der Waals surface area contributed by atoms with Crippen LogP contribution in [0.4, 0.5) is 0 Å². The lowest BCUT2D eigenvalue weighted by atomic mass is 9.93. The fraction of sp³-hybridized carbons (Fsp3) is 0.400. The molecule has 22 heavy (non-hydrogen) atoms. The van der Waals surface area contributed by atoms with Crippen molar-refractivity contribution in [3.8, 4) is 5.75 Å². The SMILES string of the molecule is COCCOc1ccc2onc(C3CCC(=O)NC3=O)c2c1. The van der Waals surface area contributed by atoms with Crippen LogP contribution in [0.1, 0.15) is 24.5 Å². The summed E-state index contributed by atoms with van der Waals surface area (Å²) in [5.41, 5.74) is 1.12. The Morgan fingerprint density at radius 1 is 1.36 bits per heavy atom. The minimum absolute atomic E-state index is 0.252. The number of carbonyl (C=O) groups excluding carboxylic acids is 2. The number of piperidine rings is 1. The van der Waals surface area contributed by atoms with Crippen LogP contribution in [-0.2, 0) is 14.3 Å². The first-order chi connectivity index (χ1) is 10.7. The zero-order valence-electron chi connectivity index (χ0n) is 12.1. The third-order valence-corrected chi connectivity index (χ3v) is 3.59. The standard InChI is InChI=1S/C15H16N2O5/c1-20-6-7-21-9-2-4-12-11(8-9)14(17-22-12)10-3-5-13(18)16-15(10)19/h2,4,8,10H,3,5-7H2,1H3,(H,16,18,19). The first-order valence-corrected chi connectivity index (χ1v) is 7.04. The Labute approximate surface area is 126 Å². The monoisotopic (exact) mass is 304 g/mol. The van der Waals surface area contributed by atoms with E-state index in [4.69, 9.17) is 14.0 Å². The average Bonchev–Trinajstić information content (AvgIpc) is 2.91. The average molecular weight is 304 g/mol. The molecule has 3 rings (SSSR count). The van der Waals surface area contributed by atoms with Gasteiger partial charge in [0.2, 0.25) is 11.8 Å². The Morgan fingerprint density at radius 2 is 2.23 bits per heavy atom. The third-order valence-electron chi connectivity index (χ3n) is 3.59. The van der Waals surface area contributed by atoms with Gasteiger partial charge in [-0.2, -0.15) is 0 Å². The molecule has 2 heterocycles. The van der Waals surface area contributed by atoms with E-state index >= 15 is 0 Å². The van der Waals surface area contributed by atoms with Gasteiger partial charge in [-0.05, 0) is 24.6 Å². The van der Waals surface area contributed by atoms with Gasteiger partial charge in [-0.25, -0.2) is 0 Å². The van der Waals surface area contributed by atoms with Gasteiger partial charge in [0.25, 0.3) is 0 Å². The minimum atomic E-state index is -0.479. The normalized spacial score (nSPS) is 18.5. The van der Waals surface area contributed by atoms with Gasteiger partial charge in [0.1, 0.15) is 18.1 Å². The zero-order valence-corrected chi connectivity index (χ0v) is 12.1. The van der Waals surface area contributed by atoms with Crippen molar-refractivity contribution in [1.29, 1.82) is 0 Å². The highest BCUT2D eigenvalue weighted by Crippen LogP contribution is 2.32. The van der Waals surface area contributed by atoms with Crippen molar-refractivity contribution in [2.24, 2.45) is 0 Å². The molecular formula is C15H16N2O5. The number of benzene rings is 1. The molecule has 1 unspecified atom stereocenters. The maximum absolute atomic E-state index is 12.0. The minimum Gasteiger partial charge on any atom is -0.491 e. The van der Waals surface area contributed by atoms with Crippen molar-refractivity contribution < 1.29 is 23.6 Å². The van der Waals surface area contributed by atoms with Gasteiger partial charge in [0.15, 0.2) is 5.58 Å². The Morgan fingerprint density at radius 3 is 3.00 bits per heavy atom. The molecule has 1 aliphatic heterocycles. The van der Waals surface area contributed by atoms with Crippen molar-refractivity contribution in [3.05, 3.63) is 23.9 Å². The van der Waals surface area contributed by atoms with E-state index in [0.29, 0.717) is 43.1 Å². The van der Waals surface area contributed by atoms with Crippen LogP contribution in [-0.4, -0.2) is 37.3 Å². The third kappa shape index (κ3) is 2.80. The quantitative estimate of drug-likeness (QED) is 0.663. The Bertz CT molecular complexity index is 709. The number of aromatic nitrogens is 1. The maximum atomic E-state index is 12.0. The van der Waals surface area contributed by atoms with Crippen LogP contribution in [0.15, 0.2) is 22.7 Å². The van der Waals surface area contributed by atoms with Crippen LogP contribution in [0.2, 0.25) is 0 Å².